The highest BCUT2D eigenvalue weighted by molar-refractivity contribution is 6.30. The zero-order valence-corrected chi connectivity index (χ0v) is 14.4. The minimum Gasteiger partial charge on any atom is -0.327 e. The first-order chi connectivity index (χ1) is 11.0. The van der Waals surface area contributed by atoms with E-state index in [9.17, 15) is 4.79 Å². The number of carbonyl (C=O) groups excluding carboxylic acids is 1. The molecule has 0 aliphatic carbocycles. The van der Waals surface area contributed by atoms with Crippen LogP contribution in [-0.2, 0) is 13.0 Å². The number of amides is 1. The highest BCUT2D eigenvalue weighted by atomic mass is 35.5. The molecule has 2 aromatic heterocycles. The van der Waals surface area contributed by atoms with Gasteiger partial charge in [0.15, 0.2) is 0 Å². The second-order valence-electron chi connectivity index (χ2n) is 6.02. The van der Waals surface area contributed by atoms with E-state index in [0.29, 0.717) is 17.3 Å². The van der Waals surface area contributed by atoms with E-state index >= 15 is 0 Å². The molecule has 4 nitrogen and oxygen atoms in total. The van der Waals surface area contributed by atoms with E-state index in [1.54, 1.807) is 12.3 Å². The van der Waals surface area contributed by atoms with Crippen molar-refractivity contribution < 1.29 is 4.79 Å². The Balaban J connectivity index is 1.87. The second kappa shape index (κ2) is 6.28. The summed E-state index contributed by atoms with van der Waals surface area (Å²) in [6, 6.07) is 3.83. The van der Waals surface area contributed by atoms with Gasteiger partial charge in [0.2, 0.25) is 0 Å². The summed E-state index contributed by atoms with van der Waals surface area (Å²) in [5.74, 6) is 0.00656. The Kier molecular flexibility index (Phi) is 4.35. The van der Waals surface area contributed by atoms with Crippen LogP contribution in [-0.4, -0.2) is 20.8 Å². The molecule has 1 aliphatic heterocycles. The van der Waals surface area contributed by atoms with Gasteiger partial charge in [0.1, 0.15) is 5.15 Å². The van der Waals surface area contributed by atoms with Gasteiger partial charge in [0.05, 0.1) is 12.6 Å². The van der Waals surface area contributed by atoms with E-state index < -0.39 is 0 Å². The number of hydrogen-bond acceptors (Lipinski definition) is 3. The van der Waals surface area contributed by atoms with Gasteiger partial charge in [-0.3, -0.25) is 9.78 Å². The molecule has 0 radical (unpaired) electrons. The molecule has 1 aliphatic rings. The predicted molar refractivity (Wildman–Crippen MR) is 90.5 cm³/mol. The van der Waals surface area contributed by atoms with Crippen molar-refractivity contribution in [1.82, 2.24) is 14.9 Å². The molecule has 5 heteroatoms. The largest absolute Gasteiger partial charge is 0.327 e. The maximum absolute atomic E-state index is 12.6. The summed E-state index contributed by atoms with van der Waals surface area (Å²) >= 11 is 6.13. The van der Waals surface area contributed by atoms with Crippen molar-refractivity contribution in [3.05, 3.63) is 57.6 Å². The Morgan fingerprint density at radius 3 is 2.83 bits per heavy atom. The summed E-state index contributed by atoms with van der Waals surface area (Å²) in [6.07, 6.45) is 5.53. The third-order valence-electron chi connectivity index (χ3n) is 4.47. The van der Waals surface area contributed by atoms with Gasteiger partial charge in [-0.2, -0.15) is 0 Å². The highest BCUT2D eigenvalue weighted by Gasteiger charge is 2.33. The van der Waals surface area contributed by atoms with Crippen LogP contribution in [0.2, 0.25) is 5.15 Å². The fourth-order valence-corrected chi connectivity index (χ4v) is 3.28. The van der Waals surface area contributed by atoms with Crippen molar-refractivity contribution in [2.75, 3.05) is 0 Å². The van der Waals surface area contributed by atoms with E-state index in [1.807, 2.05) is 18.0 Å². The first kappa shape index (κ1) is 15.9. The SMILES string of the molecule is CCCc1ncc(C(C)N2Cc3c(ccnc3Cl)C2=O)cc1C. The van der Waals surface area contributed by atoms with Gasteiger partial charge in [0.25, 0.3) is 5.91 Å². The first-order valence-electron chi connectivity index (χ1n) is 7.92. The molecule has 3 heterocycles. The van der Waals surface area contributed by atoms with Gasteiger partial charge < -0.3 is 4.90 Å². The lowest BCUT2D eigenvalue weighted by Gasteiger charge is -2.25. The predicted octanol–water partition coefficient (Wildman–Crippen LogP) is 4.11. The third kappa shape index (κ3) is 2.83. The number of aryl methyl sites for hydroxylation is 2. The van der Waals surface area contributed by atoms with E-state index in [0.717, 1.165) is 29.7 Å². The Labute approximate surface area is 141 Å². The number of nitrogens with zero attached hydrogens (tertiary/aromatic N) is 3. The van der Waals surface area contributed by atoms with Gasteiger partial charge in [-0.05, 0) is 37.5 Å². The fourth-order valence-electron chi connectivity index (χ4n) is 3.06. The molecule has 0 saturated carbocycles. The highest BCUT2D eigenvalue weighted by Crippen LogP contribution is 2.33. The van der Waals surface area contributed by atoms with Gasteiger partial charge >= 0.3 is 0 Å². The number of rotatable bonds is 4. The lowest BCUT2D eigenvalue weighted by molar-refractivity contribution is 0.0715. The van der Waals surface area contributed by atoms with Crippen LogP contribution in [0.3, 0.4) is 0 Å². The molecule has 120 valence electrons. The summed E-state index contributed by atoms with van der Waals surface area (Å²) in [5.41, 5.74) is 4.84. The normalized spacial score (nSPS) is 15.0. The maximum atomic E-state index is 12.6. The fraction of sp³-hybridized carbons (Fsp3) is 0.389. The number of fused-ring (bicyclic) bond motifs is 1. The van der Waals surface area contributed by atoms with E-state index in [4.69, 9.17) is 11.6 Å². The van der Waals surface area contributed by atoms with Crippen LogP contribution < -0.4 is 0 Å². The average molecular weight is 330 g/mol. The lowest BCUT2D eigenvalue weighted by Crippen LogP contribution is -2.27. The van der Waals surface area contributed by atoms with E-state index in [-0.39, 0.29) is 11.9 Å². The Morgan fingerprint density at radius 2 is 2.17 bits per heavy atom. The summed E-state index contributed by atoms with van der Waals surface area (Å²) in [4.78, 5) is 23.1. The summed E-state index contributed by atoms with van der Waals surface area (Å²) in [6.45, 7) is 6.75. The van der Waals surface area contributed by atoms with Crippen LogP contribution in [0.1, 0.15) is 59.1 Å². The summed E-state index contributed by atoms with van der Waals surface area (Å²) in [5, 5.41) is 0.415. The van der Waals surface area contributed by atoms with Gasteiger partial charge in [-0.1, -0.05) is 31.0 Å². The molecule has 2 aromatic rings. The zero-order valence-electron chi connectivity index (χ0n) is 13.6. The molecule has 1 atom stereocenters. The molecule has 0 fully saturated rings. The molecule has 0 aromatic carbocycles. The number of carbonyl (C=O) groups is 1. The minimum absolute atomic E-state index is 0.00656. The zero-order chi connectivity index (χ0) is 16.6. The van der Waals surface area contributed by atoms with Crippen LogP contribution in [0.25, 0.3) is 0 Å². The van der Waals surface area contributed by atoms with Crippen LogP contribution >= 0.6 is 11.6 Å². The monoisotopic (exact) mass is 329 g/mol. The third-order valence-corrected chi connectivity index (χ3v) is 4.79. The molecule has 0 spiro atoms. The molecule has 0 N–H and O–H groups in total. The first-order valence-corrected chi connectivity index (χ1v) is 8.30. The molecule has 0 bridgehead atoms. The number of aromatic nitrogens is 2. The standard InChI is InChI=1S/C18H20ClN3O/c1-4-5-16-11(2)8-13(9-21-16)12(3)22-10-15-14(18(22)23)6-7-20-17(15)19/h6-9,12H,4-5,10H2,1-3H3. The molecular formula is C18H20ClN3O. The van der Waals surface area contributed by atoms with Gasteiger partial charge in [0, 0.05) is 29.2 Å². The van der Waals surface area contributed by atoms with Crippen molar-refractivity contribution in [3.8, 4) is 0 Å². The summed E-state index contributed by atoms with van der Waals surface area (Å²) < 4.78 is 0. The van der Waals surface area contributed by atoms with Crippen LogP contribution in [0.5, 0.6) is 0 Å². The number of halogens is 1. The minimum atomic E-state index is -0.0483. The second-order valence-corrected chi connectivity index (χ2v) is 6.38. The van der Waals surface area contributed by atoms with Crippen molar-refractivity contribution in [3.63, 3.8) is 0 Å². The Hall–Kier alpha value is -1.94. The number of pyridine rings is 2. The van der Waals surface area contributed by atoms with Crippen LogP contribution in [0, 0.1) is 6.92 Å². The quantitative estimate of drug-likeness (QED) is 0.793. The van der Waals surface area contributed by atoms with Crippen LogP contribution in [0.15, 0.2) is 24.5 Å². The lowest BCUT2D eigenvalue weighted by atomic mass is 10.0. The molecule has 1 amide bonds. The molecule has 23 heavy (non-hydrogen) atoms. The van der Waals surface area contributed by atoms with E-state index in [1.165, 1.54) is 5.56 Å². The molecule has 0 saturated heterocycles. The Bertz CT molecular complexity index is 760. The Morgan fingerprint density at radius 1 is 1.39 bits per heavy atom. The molecule has 3 rings (SSSR count). The molecular weight excluding hydrogens is 310 g/mol. The topological polar surface area (TPSA) is 46.1 Å². The van der Waals surface area contributed by atoms with Crippen molar-refractivity contribution >= 4 is 17.5 Å². The summed E-state index contributed by atoms with van der Waals surface area (Å²) in [7, 11) is 0. The van der Waals surface area contributed by atoms with Crippen molar-refractivity contribution in [2.45, 2.75) is 46.2 Å². The van der Waals surface area contributed by atoms with Gasteiger partial charge in [-0.15, -0.1) is 0 Å². The van der Waals surface area contributed by atoms with Crippen molar-refractivity contribution in [2.24, 2.45) is 0 Å². The maximum Gasteiger partial charge on any atom is 0.255 e. The van der Waals surface area contributed by atoms with E-state index in [2.05, 4.69) is 29.9 Å². The van der Waals surface area contributed by atoms with Crippen molar-refractivity contribution in [1.29, 1.82) is 0 Å². The average Bonchev–Trinajstić information content (AvgIpc) is 2.87. The molecule has 1 unspecified atom stereocenters. The van der Waals surface area contributed by atoms with Crippen LogP contribution in [0.4, 0.5) is 0 Å². The van der Waals surface area contributed by atoms with Gasteiger partial charge in [-0.25, -0.2) is 4.98 Å². The smallest absolute Gasteiger partial charge is 0.255 e. The number of hydrogen-bond donors (Lipinski definition) is 0.